The zero-order chi connectivity index (χ0) is 24.1. The fourth-order valence-electron chi connectivity index (χ4n) is 1.27. The number of halogens is 2. The van der Waals surface area contributed by atoms with E-state index >= 15 is 0 Å². The lowest BCUT2D eigenvalue weighted by Gasteiger charge is -2.17. The van der Waals surface area contributed by atoms with Gasteiger partial charge in [-0.3, -0.25) is 11.5 Å². The number of aromatic carboxylic acids is 2. The number of hydrogen-bond acceptors (Lipinski definition) is 12. The Balaban J connectivity index is 0. The first kappa shape index (κ1) is 29.3. The summed E-state index contributed by atoms with van der Waals surface area (Å²) < 4.78 is 67.9. The van der Waals surface area contributed by atoms with E-state index in [1.165, 1.54) is 12.1 Å². The van der Waals surface area contributed by atoms with Crippen molar-refractivity contribution in [3.63, 3.8) is 0 Å². The maximum atomic E-state index is 10.3. The SMILES string of the molecule is Nc1[nH+]cccc1C(=O)O.Nc1[nH+]cccc1C(=O)O.[O-][Cl+3]([O-])([O-])[O-].[O-][Cl+3]([O-])([O-])[O-]. The predicted molar refractivity (Wildman–Crippen MR) is 68.7 cm³/mol. The van der Waals surface area contributed by atoms with Gasteiger partial charge in [-0.15, -0.1) is 20.5 Å². The van der Waals surface area contributed by atoms with Gasteiger partial charge in [0.1, 0.15) is 11.1 Å². The number of rotatable bonds is 2. The van der Waals surface area contributed by atoms with Gasteiger partial charge in [0.05, 0.1) is 12.4 Å². The van der Waals surface area contributed by atoms with Crippen LogP contribution in [0.25, 0.3) is 0 Å². The van der Waals surface area contributed by atoms with E-state index in [9.17, 15) is 9.59 Å². The van der Waals surface area contributed by atoms with Crippen molar-refractivity contribution < 1.29 is 87.5 Å². The van der Waals surface area contributed by atoms with Crippen LogP contribution in [0.3, 0.4) is 0 Å². The van der Waals surface area contributed by atoms with Crippen molar-refractivity contribution in [1.29, 1.82) is 0 Å². The molecule has 0 radical (unpaired) electrons. The third-order valence-corrected chi connectivity index (χ3v) is 2.24. The first-order chi connectivity index (χ1) is 13.4. The van der Waals surface area contributed by atoms with Gasteiger partial charge in [-0.2, -0.15) is 0 Å². The lowest BCUT2D eigenvalue weighted by molar-refractivity contribution is -2.00. The molecule has 0 unspecified atom stereocenters. The fraction of sp³-hybridized carbons (Fsp3) is 0. The van der Waals surface area contributed by atoms with E-state index < -0.39 is 32.4 Å². The molecule has 2 aromatic heterocycles. The van der Waals surface area contributed by atoms with Crippen LogP contribution in [0.4, 0.5) is 11.6 Å². The molecule has 168 valence electrons. The van der Waals surface area contributed by atoms with E-state index in [1.54, 1.807) is 24.5 Å². The number of anilines is 2. The summed E-state index contributed by atoms with van der Waals surface area (Å²) in [5, 5.41) is 16.9. The van der Waals surface area contributed by atoms with Crippen LogP contribution in [0.2, 0.25) is 0 Å². The molecule has 2 aromatic rings. The second-order valence-electron chi connectivity index (χ2n) is 4.36. The molecule has 0 amide bonds. The molecule has 2 rings (SSSR count). The third-order valence-electron chi connectivity index (χ3n) is 2.24. The van der Waals surface area contributed by atoms with Crippen molar-refractivity contribution in [1.82, 2.24) is 0 Å². The van der Waals surface area contributed by atoms with Gasteiger partial charge in [0.25, 0.3) is 11.6 Å². The number of carboxylic acids is 2. The van der Waals surface area contributed by atoms with Crippen molar-refractivity contribution in [2.24, 2.45) is 0 Å². The summed E-state index contributed by atoms with van der Waals surface area (Å²) in [4.78, 5) is 25.8. The number of nitrogens with one attached hydrogen (secondary N) is 2. The summed E-state index contributed by atoms with van der Waals surface area (Å²) in [5.41, 5.74) is 10.8. The van der Waals surface area contributed by atoms with Crippen molar-refractivity contribution in [2.75, 3.05) is 11.5 Å². The van der Waals surface area contributed by atoms with E-state index in [0.717, 1.165) is 0 Å². The van der Waals surface area contributed by atoms with Crippen molar-refractivity contribution in [2.45, 2.75) is 0 Å². The van der Waals surface area contributed by atoms with E-state index in [1.807, 2.05) is 0 Å². The van der Waals surface area contributed by atoms with Gasteiger partial charge in [-0.05, 0) is 24.3 Å². The molecule has 0 atom stereocenters. The highest BCUT2D eigenvalue weighted by molar-refractivity contribution is 5.92. The molecule has 0 fully saturated rings. The zero-order valence-electron chi connectivity index (χ0n) is 14.4. The lowest BCUT2D eigenvalue weighted by atomic mass is 10.3. The standard InChI is InChI=1S/2C6H6N2O2.2ClHO4/c2*7-5-4(6(9)10)2-1-3-8-5;2*2-1(3,4)5/h2*1-3H,(H2,7,8)(H,9,10);2*(H,2,3,4,5). The second kappa shape index (κ2) is 13.3. The van der Waals surface area contributed by atoms with Crippen LogP contribution < -0.4 is 58.7 Å². The fourth-order valence-corrected chi connectivity index (χ4v) is 1.27. The maximum absolute atomic E-state index is 10.3. The highest BCUT2D eigenvalue weighted by Gasteiger charge is 2.11. The van der Waals surface area contributed by atoms with Gasteiger partial charge in [-0.25, -0.2) is 56.8 Å². The van der Waals surface area contributed by atoms with E-state index in [0.29, 0.717) is 0 Å². The Bertz CT molecular complexity index is 733. The molecule has 2 heterocycles. The Morgan fingerprint density at radius 3 is 1.07 bits per heavy atom. The molecule has 0 bridgehead atoms. The largest absolute Gasteiger partial charge is 0.477 e. The molecule has 0 aromatic carbocycles. The van der Waals surface area contributed by atoms with Crippen LogP contribution in [0.1, 0.15) is 20.7 Å². The minimum Gasteiger partial charge on any atom is -0.477 e. The van der Waals surface area contributed by atoms with Gasteiger partial charge >= 0.3 is 11.9 Å². The van der Waals surface area contributed by atoms with Crippen LogP contribution >= 0.6 is 0 Å². The average molecular weight is 477 g/mol. The van der Waals surface area contributed by atoms with E-state index in [4.69, 9.17) is 59.0 Å². The molecule has 0 saturated carbocycles. The van der Waals surface area contributed by atoms with Crippen molar-refractivity contribution in [3.05, 3.63) is 47.8 Å². The van der Waals surface area contributed by atoms with E-state index in [-0.39, 0.29) is 22.8 Å². The highest BCUT2D eigenvalue weighted by Crippen LogP contribution is 2.02. The predicted octanol–water partition coefficient (Wildman–Crippen LogP) is -9.95. The summed E-state index contributed by atoms with van der Waals surface area (Å²) in [7, 11) is -9.89. The third kappa shape index (κ3) is 19.9. The summed E-state index contributed by atoms with van der Waals surface area (Å²) in [6, 6.07) is 6.04. The Kier molecular flexibility index (Phi) is 13.0. The topological polar surface area (TPSA) is 339 Å². The second-order valence-corrected chi connectivity index (χ2v) is 5.87. The number of nitrogen functional groups attached to an aromatic ring is 2. The summed E-state index contributed by atoms with van der Waals surface area (Å²) in [6.07, 6.45) is 3.14. The minimum absolute atomic E-state index is 0.0995. The molecule has 0 saturated heterocycles. The summed E-state index contributed by atoms with van der Waals surface area (Å²) in [5.74, 6) is -1.69. The number of H-pyrrole nitrogens is 2. The lowest BCUT2D eigenvalue weighted by Crippen LogP contribution is -2.68. The Hall–Kier alpha value is -2.90. The van der Waals surface area contributed by atoms with Gasteiger partial charge in [0.15, 0.2) is 0 Å². The number of nitrogens with two attached hydrogens (primary N) is 2. The number of carbonyl (C=O) groups is 2. The zero-order valence-corrected chi connectivity index (χ0v) is 15.9. The Labute approximate surface area is 171 Å². The van der Waals surface area contributed by atoms with E-state index in [2.05, 4.69) is 9.97 Å². The number of carboxylic acid groups (broad SMARTS) is 2. The van der Waals surface area contributed by atoms with Gasteiger partial charge in [0, 0.05) is 0 Å². The number of pyridine rings is 2. The molecule has 18 heteroatoms. The van der Waals surface area contributed by atoms with Crippen molar-refractivity contribution >= 4 is 23.6 Å². The molecular weight excluding hydrogens is 463 g/mol. The number of hydrogen-bond donors (Lipinski definition) is 4. The Morgan fingerprint density at radius 2 is 0.933 bits per heavy atom. The molecule has 16 nitrogen and oxygen atoms in total. The van der Waals surface area contributed by atoms with Crippen LogP contribution in [0, 0.1) is 20.5 Å². The number of aromatic nitrogens is 2. The summed E-state index contributed by atoms with van der Waals surface area (Å²) >= 11 is 0. The smallest absolute Gasteiger partial charge is 0.344 e. The molecule has 0 aliphatic heterocycles. The quantitative estimate of drug-likeness (QED) is 0.312. The van der Waals surface area contributed by atoms with Gasteiger partial charge in [0.2, 0.25) is 0 Å². The summed E-state index contributed by atoms with van der Waals surface area (Å²) in [6.45, 7) is 0. The molecule has 0 aliphatic carbocycles. The highest BCUT2D eigenvalue weighted by atomic mass is 35.7. The monoisotopic (exact) mass is 476 g/mol. The molecule has 0 spiro atoms. The number of aromatic amines is 2. The first-order valence-electron chi connectivity index (χ1n) is 6.66. The van der Waals surface area contributed by atoms with Crippen LogP contribution in [0.5, 0.6) is 0 Å². The average Bonchev–Trinajstić information content (AvgIpc) is 2.52. The van der Waals surface area contributed by atoms with Crippen LogP contribution in [-0.4, -0.2) is 22.2 Å². The molecule has 8 N–H and O–H groups in total. The van der Waals surface area contributed by atoms with Crippen LogP contribution in [0.15, 0.2) is 36.7 Å². The first-order valence-corrected chi connectivity index (χ1v) is 9.12. The molecule has 0 aliphatic rings. The molecule has 30 heavy (non-hydrogen) atoms. The normalized spacial score (nSPS) is 10.1. The van der Waals surface area contributed by atoms with Gasteiger partial charge < -0.3 is 10.2 Å². The Morgan fingerprint density at radius 1 is 0.700 bits per heavy atom. The van der Waals surface area contributed by atoms with Gasteiger partial charge in [-0.1, -0.05) is 0 Å². The molecular formula is C12H14Cl2N4O12. The maximum Gasteiger partial charge on any atom is 0.344 e. The minimum atomic E-state index is -4.94. The van der Waals surface area contributed by atoms with Crippen molar-refractivity contribution in [3.8, 4) is 0 Å². The van der Waals surface area contributed by atoms with Crippen LogP contribution in [-0.2, 0) is 0 Å².